The van der Waals surface area contributed by atoms with Crippen molar-refractivity contribution in [3.63, 3.8) is 0 Å². The van der Waals surface area contributed by atoms with E-state index in [0.29, 0.717) is 12.2 Å². The molecular formula is C22H31N3O4. The van der Waals surface area contributed by atoms with Crippen LogP contribution >= 0.6 is 0 Å². The lowest BCUT2D eigenvalue weighted by molar-refractivity contribution is -0.152. The van der Waals surface area contributed by atoms with Gasteiger partial charge in [0, 0.05) is 18.8 Å². The first kappa shape index (κ1) is 21.5. The Labute approximate surface area is 171 Å². The van der Waals surface area contributed by atoms with E-state index in [1.807, 2.05) is 6.07 Å². The number of carboxylic acid groups (broad SMARTS) is 1. The number of aliphatic carboxylic acids is 1. The van der Waals surface area contributed by atoms with Gasteiger partial charge in [0.25, 0.3) is 5.91 Å². The molecule has 1 aromatic rings. The van der Waals surface area contributed by atoms with Gasteiger partial charge in [-0.05, 0) is 55.2 Å². The van der Waals surface area contributed by atoms with E-state index in [4.69, 9.17) is 5.21 Å². The third-order valence-corrected chi connectivity index (χ3v) is 6.55. The van der Waals surface area contributed by atoms with Gasteiger partial charge >= 0.3 is 5.97 Å². The Bertz CT molecular complexity index is 722. The second-order valence-electron chi connectivity index (χ2n) is 8.24. The van der Waals surface area contributed by atoms with Crippen molar-refractivity contribution in [2.45, 2.75) is 69.9 Å². The fraction of sp³-hybridized carbons (Fsp3) is 0.591. The molecule has 0 aliphatic heterocycles. The van der Waals surface area contributed by atoms with E-state index in [9.17, 15) is 14.7 Å². The molecule has 0 spiro atoms. The number of amides is 1. The summed E-state index contributed by atoms with van der Waals surface area (Å²) in [6, 6.07) is 3.66. The summed E-state index contributed by atoms with van der Waals surface area (Å²) >= 11 is 0. The zero-order chi connectivity index (χ0) is 20.7. The molecule has 0 aromatic carbocycles. The summed E-state index contributed by atoms with van der Waals surface area (Å²) < 4.78 is 0. The number of hydrogen-bond acceptors (Lipinski definition) is 5. The Balaban J connectivity index is 1.75. The maximum absolute atomic E-state index is 12.6. The van der Waals surface area contributed by atoms with Gasteiger partial charge in [-0.15, -0.1) is 0 Å². The molecule has 1 atom stereocenters. The van der Waals surface area contributed by atoms with Gasteiger partial charge in [-0.1, -0.05) is 38.2 Å². The van der Waals surface area contributed by atoms with Crippen LogP contribution in [0.1, 0.15) is 69.0 Å². The van der Waals surface area contributed by atoms with E-state index >= 15 is 0 Å². The minimum atomic E-state index is -0.866. The van der Waals surface area contributed by atoms with Gasteiger partial charge in [0.2, 0.25) is 0 Å². The number of nitrogens with zero attached hydrogens (tertiary/aromatic N) is 1. The summed E-state index contributed by atoms with van der Waals surface area (Å²) in [5.74, 6) is -0.981. The van der Waals surface area contributed by atoms with Crippen LogP contribution in [-0.2, 0) is 16.1 Å². The monoisotopic (exact) mass is 401 g/mol. The SMILES string of the molecule is O=C(C=Cc1ccc(CN[C@](C(=O)O)(C2CCCCC2)C2CCCC2)cn1)NO. The van der Waals surface area contributed by atoms with Gasteiger partial charge in [-0.3, -0.25) is 25.1 Å². The number of nitrogens with one attached hydrogen (secondary N) is 2. The van der Waals surface area contributed by atoms with Crippen LogP contribution < -0.4 is 10.8 Å². The molecule has 1 heterocycles. The van der Waals surface area contributed by atoms with Gasteiger partial charge in [-0.25, -0.2) is 5.48 Å². The molecule has 7 nitrogen and oxygen atoms in total. The molecule has 0 unspecified atom stereocenters. The van der Waals surface area contributed by atoms with Crippen molar-refractivity contribution >= 4 is 18.0 Å². The van der Waals surface area contributed by atoms with E-state index in [1.54, 1.807) is 12.3 Å². The number of aromatic nitrogens is 1. The molecule has 2 saturated carbocycles. The molecule has 29 heavy (non-hydrogen) atoms. The van der Waals surface area contributed by atoms with Crippen molar-refractivity contribution in [2.24, 2.45) is 11.8 Å². The summed E-state index contributed by atoms with van der Waals surface area (Å²) in [6.07, 6.45) is 13.9. The zero-order valence-corrected chi connectivity index (χ0v) is 16.8. The number of carbonyl (C=O) groups is 2. The summed E-state index contributed by atoms with van der Waals surface area (Å²) in [6.45, 7) is 0.452. The van der Waals surface area contributed by atoms with Crippen molar-refractivity contribution in [2.75, 3.05) is 0 Å². The van der Waals surface area contributed by atoms with Crippen molar-refractivity contribution in [1.29, 1.82) is 0 Å². The van der Waals surface area contributed by atoms with Gasteiger partial charge in [0.15, 0.2) is 0 Å². The average molecular weight is 402 g/mol. The standard InChI is InChI=1S/C22H31N3O4/c26-20(25-29)13-12-19-11-10-16(14-23-19)15-24-22(21(27)28,18-8-4-5-9-18)17-6-2-1-3-7-17/h10-14,17-18,24,29H,1-9,15H2,(H,25,26)(H,27,28)/t22-/m1/s1. The van der Waals surface area contributed by atoms with Gasteiger partial charge in [0.1, 0.15) is 5.54 Å². The first-order valence-electron chi connectivity index (χ1n) is 10.6. The second kappa shape index (κ2) is 9.98. The molecule has 3 rings (SSSR count). The van der Waals surface area contributed by atoms with Crippen molar-refractivity contribution in [1.82, 2.24) is 15.8 Å². The lowest BCUT2D eigenvalue weighted by Crippen LogP contribution is -2.62. The average Bonchev–Trinajstić information content (AvgIpc) is 3.29. The highest BCUT2D eigenvalue weighted by atomic mass is 16.5. The first-order chi connectivity index (χ1) is 14.1. The molecule has 0 bridgehead atoms. The van der Waals surface area contributed by atoms with Crippen LogP contribution in [0, 0.1) is 11.8 Å². The van der Waals surface area contributed by atoms with Crippen molar-refractivity contribution in [3.8, 4) is 0 Å². The minimum Gasteiger partial charge on any atom is -0.480 e. The molecule has 158 valence electrons. The topological polar surface area (TPSA) is 112 Å². The Morgan fingerprint density at radius 1 is 1.07 bits per heavy atom. The van der Waals surface area contributed by atoms with Crippen LogP contribution in [0.4, 0.5) is 0 Å². The molecule has 0 radical (unpaired) electrons. The second-order valence-corrected chi connectivity index (χ2v) is 8.24. The lowest BCUT2D eigenvalue weighted by atomic mass is 9.67. The molecule has 2 fully saturated rings. The number of carbonyl (C=O) groups excluding carboxylic acids is 1. The van der Waals surface area contributed by atoms with Crippen molar-refractivity contribution in [3.05, 3.63) is 35.7 Å². The number of hydrogen-bond donors (Lipinski definition) is 4. The Morgan fingerprint density at radius 3 is 2.21 bits per heavy atom. The van der Waals surface area contributed by atoms with Crippen LogP contribution in [0.15, 0.2) is 24.4 Å². The Kier molecular flexibility index (Phi) is 7.39. The van der Waals surface area contributed by atoms with E-state index in [-0.39, 0.29) is 11.8 Å². The fourth-order valence-electron chi connectivity index (χ4n) is 5.07. The van der Waals surface area contributed by atoms with E-state index < -0.39 is 17.4 Å². The summed E-state index contributed by atoms with van der Waals surface area (Å²) in [5, 5.41) is 22.4. The smallest absolute Gasteiger partial charge is 0.324 e. The summed E-state index contributed by atoms with van der Waals surface area (Å²) in [5.41, 5.74) is 2.16. The van der Waals surface area contributed by atoms with Crippen molar-refractivity contribution < 1.29 is 19.9 Å². The molecule has 2 aliphatic rings. The maximum atomic E-state index is 12.6. The summed E-state index contributed by atoms with van der Waals surface area (Å²) in [7, 11) is 0. The maximum Gasteiger partial charge on any atom is 0.324 e. The molecule has 7 heteroatoms. The van der Waals surface area contributed by atoms with Crippen LogP contribution in [0.3, 0.4) is 0 Å². The van der Waals surface area contributed by atoms with Crippen LogP contribution in [0.25, 0.3) is 6.08 Å². The molecule has 0 saturated heterocycles. The first-order valence-corrected chi connectivity index (χ1v) is 10.6. The zero-order valence-electron chi connectivity index (χ0n) is 16.8. The van der Waals surface area contributed by atoms with Gasteiger partial charge < -0.3 is 5.11 Å². The number of rotatable bonds is 8. The van der Waals surface area contributed by atoms with Crippen LogP contribution in [0.5, 0.6) is 0 Å². The molecule has 2 aliphatic carbocycles. The van der Waals surface area contributed by atoms with E-state index in [1.165, 1.54) is 24.1 Å². The van der Waals surface area contributed by atoms with Crippen LogP contribution in [0.2, 0.25) is 0 Å². The Morgan fingerprint density at radius 2 is 1.69 bits per heavy atom. The molecule has 1 aromatic heterocycles. The highest BCUT2D eigenvalue weighted by molar-refractivity contribution is 5.90. The minimum absolute atomic E-state index is 0.170. The molecular weight excluding hydrogens is 370 g/mol. The third kappa shape index (κ3) is 5.03. The highest BCUT2D eigenvalue weighted by Crippen LogP contribution is 2.44. The van der Waals surface area contributed by atoms with Gasteiger partial charge in [0.05, 0.1) is 5.69 Å². The largest absolute Gasteiger partial charge is 0.480 e. The number of pyridine rings is 1. The Hall–Kier alpha value is -2.25. The summed E-state index contributed by atoms with van der Waals surface area (Å²) in [4.78, 5) is 28.0. The van der Waals surface area contributed by atoms with E-state index in [2.05, 4.69) is 10.3 Å². The van der Waals surface area contributed by atoms with E-state index in [0.717, 1.165) is 56.9 Å². The number of hydroxylamine groups is 1. The highest BCUT2D eigenvalue weighted by Gasteiger charge is 2.51. The predicted molar refractivity (Wildman–Crippen MR) is 109 cm³/mol. The van der Waals surface area contributed by atoms with Gasteiger partial charge in [-0.2, -0.15) is 0 Å². The fourth-order valence-corrected chi connectivity index (χ4v) is 5.07. The van der Waals surface area contributed by atoms with Crippen LogP contribution in [-0.4, -0.2) is 32.7 Å². The number of carboxylic acids is 1. The lowest BCUT2D eigenvalue weighted by Gasteiger charge is -2.44. The molecule has 4 N–H and O–H groups in total. The predicted octanol–water partition coefficient (Wildman–Crippen LogP) is 3.28. The normalized spacial score (nSPS) is 20.6. The molecule has 1 amide bonds. The quantitative estimate of drug-likeness (QED) is 0.302. The third-order valence-electron chi connectivity index (χ3n) is 6.55.